The molecule has 1 atom stereocenters. The van der Waals surface area contributed by atoms with Gasteiger partial charge in [0.25, 0.3) is 0 Å². The van der Waals surface area contributed by atoms with Gasteiger partial charge in [0.1, 0.15) is 0 Å². The standard InChI is InChI=1S/C13H18BrNO3S/c1-10-4-5-12(11(14)8-10)19(17,18)15-7-3-6-13(2,16)9-15/h4-5,8,16H,3,6-7,9H2,1-2H3. The van der Waals surface area contributed by atoms with E-state index in [1.54, 1.807) is 25.1 Å². The predicted octanol–water partition coefficient (Wildman–Crippen LogP) is 2.29. The van der Waals surface area contributed by atoms with Crippen LogP contribution in [0.1, 0.15) is 25.3 Å². The third-order valence-corrected chi connectivity index (χ3v) is 6.17. The summed E-state index contributed by atoms with van der Waals surface area (Å²) < 4.78 is 27.1. The van der Waals surface area contributed by atoms with Crippen molar-refractivity contribution in [2.75, 3.05) is 13.1 Å². The number of β-amino-alcohol motifs (C(OH)–C–C–N with tert-alkyl or cyclic N) is 1. The first-order valence-electron chi connectivity index (χ1n) is 6.21. The Balaban J connectivity index is 2.37. The van der Waals surface area contributed by atoms with Crippen LogP contribution in [0, 0.1) is 6.92 Å². The highest BCUT2D eigenvalue weighted by Crippen LogP contribution is 2.30. The van der Waals surface area contributed by atoms with Crippen molar-refractivity contribution in [1.29, 1.82) is 0 Å². The molecule has 106 valence electrons. The van der Waals surface area contributed by atoms with Crippen molar-refractivity contribution < 1.29 is 13.5 Å². The lowest BCUT2D eigenvalue weighted by Gasteiger charge is -2.36. The number of hydrogen-bond donors (Lipinski definition) is 1. The molecule has 0 aliphatic carbocycles. The topological polar surface area (TPSA) is 57.6 Å². The summed E-state index contributed by atoms with van der Waals surface area (Å²) in [5, 5.41) is 10.1. The van der Waals surface area contributed by atoms with Crippen LogP contribution in [0.15, 0.2) is 27.6 Å². The van der Waals surface area contributed by atoms with Crippen molar-refractivity contribution >= 4 is 26.0 Å². The Labute approximate surface area is 122 Å². The van der Waals surface area contributed by atoms with Gasteiger partial charge in [-0.1, -0.05) is 6.07 Å². The lowest BCUT2D eigenvalue weighted by Crippen LogP contribution is -2.48. The molecule has 0 radical (unpaired) electrons. The van der Waals surface area contributed by atoms with Crippen LogP contribution < -0.4 is 0 Å². The zero-order valence-electron chi connectivity index (χ0n) is 11.1. The van der Waals surface area contributed by atoms with Gasteiger partial charge in [-0.15, -0.1) is 0 Å². The van der Waals surface area contributed by atoms with Crippen molar-refractivity contribution in [1.82, 2.24) is 4.31 Å². The van der Waals surface area contributed by atoms with Crippen molar-refractivity contribution in [2.24, 2.45) is 0 Å². The number of hydrogen-bond acceptors (Lipinski definition) is 3. The summed E-state index contributed by atoms with van der Waals surface area (Å²) >= 11 is 3.31. The van der Waals surface area contributed by atoms with E-state index in [4.69, 9.17) is 0 Å². The van der Waals surface area contributed by atoms with Crippen LogP contribution >= 0.6 is 15.9 Å². The van der Waals surface area contributed by atoms with E-state index in [0.717, 1.165) is 5.56 Å². The molecule has 0 spiro atoms. The van der Waals surface area contributed by atoms with Gasteiger partial charge in [-0.05, 0) is 60.3 Å². The van der Waals surface area contributed by atoms with Crippen molar-refractivity contribution in [3.63, 3.8) is 0 Å². The van der Waals surface area contributed by atoms with E-state index in [9.17, 15) is 13.5 Å². The molecule has 6 heteroatoms. The molecule has 4 nitrogen and oxygen atoms in total. The molecule has 0 aromatic heterocycles. The predicted molar refractivity (Wildman–Crippen MR) is 77.5 cm³/mol. The highest BCUT2D eigenvalue weighted by atomic mass is 79.9. The average molecular weight is 348 g/mol. The zero-order chi connectivity index (χ0) is 14.3. The average Bonchev–Trinajstić information content (AvgIpc) is 2.27. The first-order chi connectivity index (χ1) is 8.72. The fourth-order valence-corrected chi connectivity index (χ4v) is 5.08. The molecule has 1 unspecified atom stereocenters. The summed E-state index contributed by atoms with van der Waals surface area (Å²) in [6, 6.07) is 5.17. The van der Waals surface area contributed by atoms with Gasteiger partial charge in [-0.2, -0.15) is 4.31 Å². The number of piperidine rings is 1. The Kier molecular flexibility index (Phi) is 4.07. The number of nitrogens with zero attached hydrogens (tertiary/aromatic N) is 1. The number of rotatable bonds is 2. The van der Waals surface area contributed by atoms with Crippen LogP contribution in [0.4, 0.5) is 0 Å². The second-order valence-electron chi connectivity index (χ2n) is 5.37. The molecule has 1 fully saturated rings. The van der Waals surface area contributed by atoms with E-state index in [1.165, 1.54) is 4.31 Å². The molecule has 1 aliphatic heterocycles. The summed E-state index contributed by atoms with van der Waals surface area (Å²) in [4.78, 5) is 0.260. The normalized spacial score (nSPS) is 25.5. The van der Waals surface area contributed by atoms with Gasteiger partial charge in [0, 0.05) is 17.6 Å². The summed E-state index contributed by atoms with van der Waals surface area (Å²) in [6.07, 6.45) is 1.31. The molecule has 19 heavy (non-hydrogen) atoms. The van der Waals surface area contributed by atoms with Gasteiger partial charge < -0.3 is 5.11 Å². The van der Waals surface area contributed by atoms with Gasteiger partial charge in [-0.25, -0.2) is 8.42 Å². The van der Waals surface area contributed by atoms with Crippen LogP contribution in [-0.2, 0) is 10.0 Å². The van der Waals surface area contributed by atoms with E-state index in [1.807, 2.05) is 6.92 Å². The van der Waals surface area contributed by atoms with Gasteiger partial charge in [-0.3, -0.25) is 0 Å². The zero-order valence-corrected chi connectivity index (χ0v) is 13.5. The highest BCUT2D eigenvalue weighted by molar-refractivity contribution is 9.10. The van der Waals surface area contributed by atoms with Crippen LogP contribution in [-0.4, -0.2) is 36.5 Å². The van der Waals surface area contributed by atoms with E-state index in [0.29, 0.717) is 23.9 Å². The summed E-state index contributed by atoms with van der Waals surface area (Å²) in [6.45, 7) is 4.19. The molecule has 1 heterocycles. The van der Waals surface area contributed by atoms with Crippen molar-refractivity contribution in [3.05, 3.63) is 28.2 Å². The molecular formula is C13H18BrNO3S. The molecule has 0 bridgehead atoms. The molecule has 1 aromatic carbocycles. The number of aryl methyl sites for hydroxylation is 1. The Bertz CT molecular complexity index is 584. The minimum atomic E-state index is -3.55. The maximum absolute atomic E-state index is 12.6. The fraction of sp³-hybridized carbons (Fsp3) is 0.538. The number of benzene rings is 1. The maximum atomic E-state index is 12.6. The Morgan fingerprint density at radius 1 is 1.42 bits per heavy atom. The molecular weight excluding hydrogens is 330 g/mol. The van der Waals surface area contributed by atoms with Crippen LogP contribution in [0.2, 0.25) is 0 Å². The minimum absolute atomic E-state index is 0.148. The lowest BCUT2D eigenvalue weighted by atomic mass is 9.97. The SMILES string of the molecule is Cc1ccc(S(=O)(=O)N2CCCC(C)(O)C2)c(Br)c1. The largest absolute Gasteiger partial charge is 0.389 e. The number of sulfonamides is 1. The number of halogens is 1. The maximum Gasteiger partial charge on any atom is 0.244 e. The summed E-state index contributed by atoms with van der Waals surface area (Å²) in [5.41, 5.74) is 0.0548. The van der Waals surface area contributed by atoms with E-state index < -0.39 is 15.6 Å². The molecule has 0 saturated carbocycles. The van der Waals surface area contributed by atoms with E-state index in [-0.39, 0.29) is 11.4 Å². The fourth-order valence-electron chi connectivity index (χ4n) is 2.33. The quantitative estimate of drug-likeness (QED) is 0.892. The third-order valence-electron chi connectivity index (χ3n) is 3.35. The van der Waals surface area contributed by atoms with Gasteiger partial charge in [0.15, 0.2) is 0 Å². The molecule has 1 saturated heterocycles. The smallest absolute Gasteiger partial charge is 0.244 e. The third kappa shape index (κ3) is 3.18. The molecule has 2 rings (SSSR count). The van der Waals surface area contributed by atoms with Crippen LogP contribution in [0.3, 0.4) is 0 Å². The monoisotopic (exact) mass is 347 g/mol. The minimum Gasteiger partial charge on any atom is -0.389 e. The lowest BCUT2D eigenvalue weighted by molar-refractivity contribution is 0.00939. The molecule has 0 amide bonds. The van der Waals surface area contributed by atoms with Crippen molar-refractivity contribution in [3.8, 4) is 0 Å². The van der Waals surface area contributed by atoms with E-state index >= 15 is 0 Å². The summed E-state index contributed by atoms with van der Waals surface area (Å²) in [5.74, 6) is 0. The van der Waals surface area contributed by atoms with E-state index in [2.05, 4.69) is 15.9 Å². The second kappa shape index (κ2) is 5.16. The van der Waals surface area contributed by atoms with Gasteiger partial charge >= 0.3 is 0 Å². The second-order valence-corrected chi connectivity index (χ2v) is 8.13. The first kappa shape index (κ1) is 15.0. The molecule has 1 aromatic rings. The Hall–Kier alpha value is -0.430. The van der Waals surface area contributed by atoms with Crippen LogP contribution in [0.25, 0.3) is 0 Å². The van der Waals surface area contributed by atoms with Crippen LogP contribution in [0.5, 0.6) is 0 Å². The summed E-state index contributed by atoms with van der Waals surface area (Å²) in [7, 11) is -3.55. The molecule has 1 N–H and O–H groups in total. The molecule has 1 aliphatic rings. The van der Waals surface area contributed by atoms with Crippen molar-refractivity contribution in [2.45, 2.75) is 37.2 Å². The number of aliphatic hydroxyl groups is 1. The first-order valence-corrected chi connectivity index (χ1v) is 8.44. The Morgan fingerprint density at radius 2 is 2.11 bits per heavy atom. The Morgan fingerprint density at radius 3 is 2.68 bits per heavy atom. The highest BCUT2D eigenvalue weighted by Gasteiger charge is 2.36. The van der Waals surface area contributed by atoms with Gasteiger partial charge in [0.2, 0.25) is 10.0 Å². The van der Waals surface area contributed by atoms with Gasteiger partial charge in [0.05, 0.1) is 10.5 Å².